The summed E-state index contributed by atoms with van der Waals surface area (Å²) in [6, 6.07) is 9.61. The van der Waals surface area contributed by atoms with Gasteiger partial charge in [0, 0.05) is 18.8 Å². The van der Waals surface area contributed by atoms with Gasteiger partial charge >= 0.3 is 0 Å². The topological polar surface area (TPSA) is 84.4 Å². The number of benzene rings is 1. The third-order valence-electron chi connectivity index (χ3n) is 4.52. The molecule has 0 radical (unpaired) electrons. The molecule has 7 nitrogen and oxygen atoms in total. The third-order valence-corrected chi connectivity index (χ3v) is 4.52. The lowest BCUT2D eigenvalue weighted by molar-refractivity contribution is -0.118. The number of nitrogens with zero attached hydrogens (tertiary/aromatic N) is 3. The number of carbonyl (C=O) groups is 1. The minimum absolute atomic E-state index is 0.0149. The molecule has 0 saturated carbocycles. The number of carbonyl (C=O) groups excluding carboxylic acids is 1. The van der Waals surface area contributed by atoms with E-state index in [1.165, 1.54) is 0 Å². The molecule has 2 aromatic heterocycles. The first-order chi connectivity index (χ1) is 12.6. The van der Waals surface area contributed by atoms with Crippen molar-refractivity contribution in [2.75, 3.05) is 25.0 Å². The van der Waals surface area contributed by atoms with Gasteiger partial charge in [0.05, 0.1) is 18.7 Å². The summed E-state index contributed by atoms with van der Waals surface area (Å²) in [5.74, 6) is 1.77. The molecular formula is C19H20N4O3. The number of aromatic nitrogens is 2. The number of amides is 1. The standard InChI is InChI=1S/C19H20N4O3/c1-12-5-6-13(2)15(8-12)20-17(24)11-23-9-14(10-23)19-21-18(22-26-19)16-4-3-7-25-16/h3-8,14H,9-11H2,1-2H3,(H,20,24). The molecule has 26 heavy (non-hydrogen) atoms. The molecule has 1 aliphatic rings. The second kappa shape index (κ2) is 6.76. The number of rotatable bonds is 5. The lowest BCUT2D eigenvalue weighted by Gasteiger charge is -2.36. The predicted octanol–water partition coefficient (Wildman–Crippen LogP) is 2.98. The van der Waals surface area contributed by atoms with E-state index in [1.54, 1.807) is 18.4 Å². The van der Waals surface area contributed by atoms with Gasteiger partial charge in [0.15, 0.2) is 5.76 Å². The normalized spacial score (nSPS) is 15.0. The first kappa shape index (κ1) is 16.5. The van der Waals surface area contributed by atoms with Crippen LogP contribution in [-0.2, 0) is 4.79 Å². The summed E-state index contributed by atoms with van der Waals surface area (Å²) < 4.78 is 10.6. The highest BCUT2D eigenvalue weighted by atomic mass is 16.5. The molecule has 1 N–H and O–H groups in total. The first-order valence-corrected chi connectivity index (χ1v) is 8.55. The Labute approximate surface area is 151 Å². The summed E-state index contributed by atoms with van der Waals surface area (Å²) >= 11 is 0. The molecule has 1 amide bonds. The van der Waals surface area contributed by atoms with Crippen molar-refractivity contribution in [3.8, 4) is 11.6 Å². The molecule has 1 saturated heterocycles. The quantitative estimate of drug-likeness (QED) is 0.760. The molecule has 134 valence electrons. The van der Waals surface area contributed by atoms with Crippen LogP contribution in [-0.4, -0.2) is 40.6 Å². The molecule has 1 aliphatic heterocycles. The van der Waals surface area contributed by atoms with Gasteiger partial charge in [0.25, 0.3) is 0 Å². The monoisotopic (exact) mass is 352 g/mol. The lowest BCUT2D eigenvalue weighted by Crippen LogP contribution is -2.48. The summed E-state index contributed by atoms with van der Waals surface area (Å²) in [6.45, 7) is 5.79. The van der Waals surface area contributed by atoms with Gasteiger partial charge in [-0.1, -0.05) is 17.3 Å². The van der Waals surface area contributed by atoms with Crippen LogP contribution >= 0.6 is 0 Å². The van der Waals surface area contributed by atoms with Crippen molar-refractivity contribution in [2.45, 2.75) is 19.8 Å². The summed E-state index contributed by atoms with van der Waals surface area (Å²) in [5, 5.41) is 6.93. The second-order valence-corrected chi connectivity index (χ2v) is 6.69. The highest BCUT2D eigenvalue weighted by Gasteiger charge is 2.33. The van der Waals surface area contributed by atoms with Crippen LogP contribution < -0.4 is 5.32 Å². The smallest absolute Gasteiger partial charge is 0.238 e. The van der Waals surface area contributed by atoms with Crippen molar-refractivity contribution in [2.24, 2.45) is 0 Å². The SMILES string of the molecule is Cc1ccc(C)c(NC(=O)CN2CC(c3nc(-c4ccco4)no3)C2)c1. The lowest BCUT2D eigenvalue weighted by atomic mass is 10.0. The maximum absolute atomic E-state index is 12.3. The minimum atomic E-state index is -0.0149. The van der Waals surface area contributed by atoms with Gasteiger partial charge in [-0.05, 0) is 43.2 Å². The maximum Gasteiger partial charge on any atom is 0.238 e. The van der Waals surface area contributed by atoms with Crippen LogP contribution in [0.1, 0.15) is 22.9 Å². The first-order valence-electron chi connectivity index (χ1n) is 8.55. The Balaban J connectivity index is 1.30. The zero-order valence-corrected chi connectivity index (χ0v) is 14.7. The van der Waals surface area contributed by atoms with E-state index >= 15 is 0 Å². The van der Waals surface area contributed by atoms with Crippen LogP contribution in [0, 0.1) is 13.8 Å². The zero-order chi connectivity index (χ0) is 18.1. The molecule has 3 heterocycles. The van der Waals surface area contributed by atoms with Gasteiger partial charge in [0.2, 0.25) is 17.6 Å². The van der Waals surface area contributed by atoms with E-state index < -0.39 is 0 Å². The van der Waals surface area contributed by atoms with Crippen molar-refractivity contribution in [1.82, 2.24) is 15.0 Å². The van der Waals surface area contributed by atoms with Crippen LogP contribution in [0.25, 0.3) is 11.6 Å². The van der Waals surface area contributed by atoms with Crippen LogP contribution in [0.15, 0.2) is 45.5 Å². The van der Waals surface area contributed by atoms with Gasteiger partial charge in [-0.2, -0.15) is 4.98 Å². The highest BCUT2D eigenvalue weighted by molar-refractivity contribution is 5.93. The third kappa shape index (κ3) is 3.39. The molecule has 0 bridgehead atoms. The number of aryl methyl sites for hydroxylation is 2. The van der Waals surface area contributed by atoms with Gasteiger partial charge in [-0.15, -0.1) is 0 Å². The molecule has 4 rings (SSSR count). The fourth-order valence-corrected chi connectivity index (χ4v) is 3.03. The van der Waals surface area contributed by atoms with Crippen LogP contribution in [0.2, 0.25) is 0 Å². The van der Waals surface area contributed by atoms with E-state index in [9.17, 15) is 4.79 Å². The van der Waals surface area contributed by atoms with Crippen molar-refractivity contribution in [1.29, 1.82) is 0 Å². The Kier molecular flexibility index (Phi) is 4.30. The average Bonchev–Trinajstić information content (AvgIpc) is 3.24. The molecular weight excluding hydrogens is 332 g/mol. The molecule has 1 aromatic carbocycles. The maximum atomic E-state index is 12.3. The number of hydrogen-bond acceptors (Lipinski definition) is 6. The fraction of sp³-hybridized carbons (Fsp3) is 0.316. The fourth-order valence-electron chi connectivity index (χ4n) is 3.03. The largest absolute Gasteiger partial charge is 0.461 e. The second-order valence-electron chi connectivity index (χ2n) is 6.69. The van der Waals surface area contributed by atoms with Gasteiger partial charge in [0.1, 0.15) is 0 Å². The number of hydrogen-bond donors (Lipinski definition) is 1. The molecule has 0 unspecified atom stereocenters. The zero-order valence-electron chi connectivity index (χ0n) is 14.7. The average molecular weight is 352 g/mol. The van der Waals surface area contributed by atoms with Gasteiger partial charge in [-0.3, -0.25) is 9.69 Å². The van der Waals surface area contributed by atoms with Crippen molar-refractivity contribution in [3.05, 3.63) is 53.6 Å². The number of likely N-dealkylation sites (tertiary alicyclic amines) is 1. The van der Waals surface area contributed by atoms with Crippen LogP contribution in [0.4, 0.5) is 5.69 Å². The molecule has 3 aromatic rings. The van der Waals surface area contributed by atoms with E-state index in [-0.39, 0.29) is 11.8 Å². The van der Waals surface area contributed by atoms with Crippen molar-refractivity contribution < 1.29 is 13.7 Å². The van der Waals surface area contributed by atoms with E-state index in [2.05, 4.69) is 20.4 Å². The molecule has 7 heteroatoms. The van der Waals surface area contributed by atoms with E-state index in [4.69, 9.17) is 8.94 Å². The molecule has 0 spiro atoms. The highest BCUT2D eigenvalue weighted by Crippen LogP contribution is 2.27. The Bertz CT molecular complexity index is 911. The Morgan fingerprint density at radius 2 is 2.15 bits per heavy atom. The molecule has 0 atom stereocenters. The van der Waals surface area contributed by atoms with E-state index in [0.717, 1.165) is 29.9 Å². The number of anilines is 1. The Hall–Kier alpha value is -2.93. The van der Waals surface area contributed by atoms with E-state index in [1.807, 2.05) is 32.0 Å². The number of nitrogens with one attached hydrogen (secondary N) is 1. The molecule has 0 aliphatic carbocycles. The summed E-state index contributed by atoms with van der Waals surface area (Å²) in [5.41, 5.74) is 3.05. The van der Waals surface area contributed by atoms with Crippen LogP contribution in [0.5, 0.6) is 0 Å². The summed E-state index contributed by atoms with van der Waals surface area (Å²) in [7, 11) is 0. The van der Waals surface area contributed by atoms with Crippen LogP contribution in [0.3, 0.4) is 0 Å². The Morgan fingerprint density at radius 1 is 1.31 bits per heavy atom. The predicted molar refractivity (Wildman–Crippen MR) is 95.7 cm³/mol. The summed E-state index contributed by atoms with van der Waals surface area (Å²) in [4.78, 5) is 18.7. The van der Waals surface area contributed by atoms with Crippen molar-refractivity contribution in [3.63, 3.8) is 0 Å². The number of furan rings is 1. The summed E-state index contributed by atoms with van der Waals surface area (Å²) in [6.07, 6.45) is 1.57. The van der Waals surface area contributed by atoms with Gasteiger partial charge < -0.3 is 14.3 Å². The van der Waals surface area contributed by atoms with E-state index in [0.29, 0.717) is 24.0 Å². The molecule has 1 fully saturated rings. The van der Waals surface area contributed by atoms with Gasteiger partial charge in [-0.25, -0.2) is 0 Å². The Morgan fingerprint density at radius 3 is 2.92 bits per heavy atom. The minimum Gasteiger partial charge on any atom is -0.461 e. The van der Waals surface area contributed by atoms with Crippen molar-refractivity contribution >= 4 is 11.6 Å².